The summed E-state index contributed by atoms with van der Waals surface area (Å²) in [6.07, 6.45) is 1.21. The molecule has 1 aromatic rings. The molecule has 18 heavy (non-hydrogen) atoms. The fourth-order valence-electron chi connectivity index (χ4n) is 2.54. The molecule has 4 nitrogen and oxygen atoms in total. The molecule has 0 heterocycles. The second-order valence-corrected chi connectivity index (χ2v) is 4.49. The Morgan fingerprint density at radius 2 is 2.39 bits per heavy atom. The number of fused-ring (bicyclic) bond motifs is 1. The predicted molar refractivity (Wildman–Crippen MR) is 65.5 cm³/mol. The summed E-state index contributed by atoms with van der Waals surface area (Å²) in [6, 6.07) is 4.47. The van der Waals surface area contributed by atoms with Crippen molar-refractivity contribution in [3.05, 3.63) is 35.1 Å². The van der Waals surface area contributed by atoms with E-state index >= 15 is 0 Å². The summed E-state index contributed by atoms with van der Waals surface area (Å²) >= 11 is 0. The number of amides is 1. The average molecular weight is 252 g/mol. The summed E-state index contributed by atoms with van der Waals surface area (Å²) in [6.45, 7) is 1.02. The van der Waals surface area contributed by atoms with E-state index in [4.69, 9.17) is 10.5 Å². The zero-order valence-electron chi connectivity index (χ0n) is 10.3. The third-order valence-electron chi connectivity index (χ3n) is 3.45. The van der Waals surface area contributed by atoms with Crippen molar-refractivity contribution >= 4 is 5.91 Å². The van der Waals surface area contributed by atoms with E-state index in [2.05, 4.69) is 5.32 Å². The van der Waals surface area contributed by atoms with Gasteiger partial charge in [0, 0.05) is 13.7 Å². The van der Waals surface area contributed by atoms with E-state index in [-0.39, 0.29) is 5.82 Å². The van der Waals surface area contributed by atoms with Gasteiger partial charge < -0.3 is 10.5 Å². The zero-order chi connectivity index (χ0) is 13.2. The zero-order valence-corrected chi connectivity index (χ0v) is 10.3. The molecule has 0 aliphatic heterocycles. The molecule has 0 bridgehead atoms. The van der Waals surface area contributed by atoms with Gasteiger partial charge in [-0.3, -0.25) is 10.1 Å². The first-order chi connectivity index (χ1) is 8.60. The van der Waals surface area contributed by atoms with Crippen LogP contribution in [-0.2, 0) is 21.5 Å². The minimum Gasteiger partial charge on any atom is -0.383 e. The van der Waals surface area contributed by atoms with Crippen molar-refractivity contribution in [1.29, 1.82) is 0 Å². The second kappa shape index (κ2) is 5.04. The lowest BCUT2D eigenvalue weighted by atomic mass is 9.91. The molecule has 1 amide bonds. The molecule has 3 N–H and O–H groups in total. The van der Waals surface area contributed by atoms with Crippen molar-refractivity contribution in [3.8, 4) is 0 Å². The molecule has 98 valence electrons. The summed E-state index contributed by atoms with van der Waals surface area (Å²) in [5, 5.41) is 3.15. The molecule has 2 rings (SSSR count). The second-order valence-electron chi connectivity index (χ2n) is 4.49. The fourth-order valence-corrected chi connectivity index (χ4v) is 2.54. The molecule has 0 saturated carbocycles. The first kappa shape index (κ1) is 13.0. The molecule has 1 aromatic carbocycles. The highest BCUT2D eigenvalue weighted by Gasteiger charge is 2.43. The third-order valence-corrected chi connectivity index (χ3v) is 3.45. The van der Waals surface area contributed by atoms with Gasteiger partial charge in [0.15, 0.2) is 0 Å². The maximum Gasteiger partial charge on any atom is 0.242 e. The van der Waals surface area contributed by atoms with E-state index in [0.717, 1.165) is 11.1 Å². The molecule has 0 radical (unpaired) electrons. The quantitative estimate of drug-likeness (QED) is 0.758. The Kier molecular flexibility index (Phi) is 3.63. The van der Waals surface area contributed by atoms with Crippen LogP contribution in [0.25, 0.3) is 0 Å². The van der Waals surface area contributed by atoms with Gasteiger partial charge in [0.1, 0.15) is 11.4 Å². The van der Waals surface area contributed by atoms with Crippen molar-refractivity contribution in [2.75, 3.05) is 20.3 Å². The van der Waals surface area contributed by atoms with Gasteiger partial charge in [0.25, 0.3) is 0 Å². The number of benzene rings is 1. The van der Waals surface area contributed by atoms with Crippen LogP contribution in [0.1, 0.15) is 17.5 Å². The molecular formula is C13H17FN2O2. The van der Waals surface area contributed by atoms with E-state index in [1.807, 2.05) is 0 Å². The molecule has 1 atom stereocenters. The van der Waals surface area contributed by atoms with Crippen molar-refractivity contribution in [3.63, 3.8) is 0 Å². The lowest BCUT2D eigenvalue weighted by Crippen LogP contribution is -2.52. The first-order valence-corrected chi connectivity index (χ1v) is 5.93. The van der Waals surface area contributed by atoms with Crippen LogP contribution in [0.3, 0.4) is 0 Å². The number of primary amides is 1. The van der Waals surface area contributed by atoms with Crippen molar-refractivity contribution in [2.24, 2.45) is 5.73 Å². The van der Waals surface area contributed by atoms with Gasteiger partial charge in [-0.05, 0) is 36.1 Å². The first-order valence-electron chi connectivity index (χ1n) is 5.93. The molecular weight excluding hydrogens is 235 g/mol. The van der Waals surface area contributed by atoms with Crippen LogP contribution >= 0.6 is 0 Å². The fraction of sp³-hybridized carbons (Fsp3) is 0.462. The normalized spacial score (nSPS) is 21.9. The number of rotatable bonds is 5. The summed E-state index contributed by atoms with van der Waals surface area (Å²) in [5.74, 6) is -0.713. The number of methoxy groups -OCH3 is 1. The molecule has 0 aromatic heterocycles. The maximum absolute atomic E-state index is 13.2. The molecule has 1 unspecified atom stereocenters. The van der Waals surface area contributed by atoms with Gasteiger partial charge in [-0.1, -0.05) is 6.07 Å². The van der Waals surface area contributed by atoms with Gasteiger partial charge in [0.05, 0.1) is 6.61 Å². The Hall–Kier alpha value is -1.46. The number of hydrogen-bond donors (Lipinski definition) is 2. The Balaban J connectivity index is 2.31. The number of aryl methyl sites for hydroxylation is 1. The highest BCUT2D eigenvalue weighted by atomic mass is 19.1. The Labute approximate surface area is 105 Å². The number of nitrogens with two attached hydrogens (primary N) is 1. The van der Waals surface area contributed by atoms with Crippen molar-refractivity contribution in [1.82, 2.24) is 5.32 Å². The van der Waals surface area contributed by atoms with Gasteiger partial charge in [0.2, 0.25) is 5.91 Å². The van der Waals surface area contributed by atoms with Gasteiger partial charge in [-0.25, -0.2) is 4.39 Å². The van der Waals surface area contributed by atoms with E-state index in [1.54, 1.807) is 13.2 Å². The van der Waals surface area contributed by atoms with Crippen LogP contribution < -0.4 is 11.1 Å². The third kappa shape index (κ3) is 2.11. The predicted octanol–water partition coefficient (Wildman–Crippen LogP) is 0.689. The average Bonchev–Trinajstić information content (AvgIpc) is 2.69. The van der Waals surface area contributed by atoms with E-state index in [0.29, 0.717) is 26.0 Å². The van der Waals surface area contributed by atoms with Crippen LogP contribution in [-0.4, -0.2) is 26.2 Å². The van der Waals surface area contributed by atoms with Crippen molar-refractivity contribution < 1.29 is 13.9 Å². The highest BCUT2D eigenvalue weighted by molar-refractivity contribution is 5.87. The Morgan fingerprint density at radius 1 is 1.61 bits per heavy atom. The lowest BCUT2D eigenvalue weighted by molar-refractivity contribution is -0.124. The lowest BCUT2D eigenvalue weighted by Gasteiger charge is -2.28. The van der Waals surface area contributed by atoms with E-state index < -0.39 is 11.4 Å². The van der Waals surface area contributed by atoms with Crippen LogP contribution in [0.4, 0.5) is 4.39 Å². The van der Waals surface area contributed by atoms with Crippen LogP contribution in [0, 0.1) is 5.82 Å². The van der Waals surface area contributed by atoms with Crippen molar-refractivity contribution in [2.45, 2.75) is 18.4 Å². The number of carbonyl (C=O) groups excluding carboxylic acids is 1. The number of hydrogen-bond acceptors (Lipinski definition) is 3. The summed E-state index contributed by atoms with van der Waals surface area (Å²) in [4.78, 5) is 11.8. The van der Waals surface area contributed by atoms with Gasteiger partial charge in [-0.2, -0.15) is 0 Å². The standard InChI is InChI=1S/C13H17FN2O2/c1-18-7-6-16-13(12(15)17)5-4-9-8-10(14)2-3-11(9)13/h2-3,8,16H,4-7H2,1H3,(H2,15,17). The maximum atomic E-state index is 13.2. The summed E-state index contributed by atoms with van der Waals surface area (Å²) in [5.41, 5.74) is 6.28. The number of halogens is 1. The van der Waals surface area contributed by atoms with E-state index in [1.165, 1.54) is 12.1 Å². The Bertz CT molecular complexity index is 464. The van der Waals surface area contributed by atoms with Crippen LogP contribution in [0.5, 0.6) is 0 Å². The SMILES string of the molecule is COCCNC1(C(N)=O)CCc2cc(F)ccc21. The topological polar surface area (TPSA) is 64.3 Å². The monoisotopic (exact) mass is 252 g/mol. The summed E-state index contributed by atoms with van der Waals surface area (Å²) in [7, 11) is 1.59. The summed E-state index contributed by atoms with van der Waals surface area (Å²) < 4.78 is 18.1. The van der Waals surface area contributed by atoms with Gasteiger partial charge >= 0.3 is 0 Å². The number of nitrogens with one attached hydrogen (secondary N) is 1. The van der Waals surface area contributed by atoms with Crippen LogP contribution in [0.2, 0.25) is 0 Å². The van der Waals surface area contributed by atoms with E-state index in [9.17, 15) is 9.18 Å². The molecule has 0 fully saturated rings. The number of ether oxygens (including phenoxy) is 1. The molecule has 1 aliphatic carbocycles. The molecule has 5 heteroatoms. The highest BCUT2D eigenvalue weighted by Crippen LogP contribution is 2.37. The largest absolute Gasteiger partial charge is 0.383 e. The number of carbonyl (C=O) groups is 1. The van der Waals surface area contributed by atoms with Gasteiger partial charge in [-0.15, -0.1) is 0 Å². The minimum atomic E-state index is -0.887. The smallest absolute Gasteiger partial charge is 0.242 e. The molecule has 0 spiro atoms. The van der Waals surface area contributed by atoms with Crippen LogP contribution in [0.15, 0.2) is 18.2 Å². The molecule has 1 aliphatic rings. The molecule has 0 saturated heterocycles. The Morgan fingerprint density at radius 3 is 3.06 bits per heavy atom. The minimum absolute atomic E-state index is 0.286.